The average molecular weight is 499 g/mol. The molecule has 9 heteroatoms. The molecule has 1 aromatic carbocycles. The molecular weight excluding hydrogens is 467 g/mol. The highest BCUT2D eigenvalue weighted by Gasteiger charge is 2.22. The zero-order valence-electron chi connectivity index (χ0n) is 20.5. The molecule has 1 aliphatic heterocycles. The Morgan fingerprint density at radius 1 is 1.06 bits per heavy atom. The van der Waals surface area contributed by atoms with Crippen LogP contribution >= 0.6 is 11.6 Å². The third-order valence-electron chi connectivity index (χ3n) is 5.18. The standard InChI is InChI=1S/C13H8ClFN4.C6H8N2.C5H10O.C2H6/c1-7-5-16-12-11(17-6-18-13(12)19-7)9-3-2-8(14)4-10(9)15;1-4-7-8(5-1)6-2-3-6;1-2-4-6-5-3-1;1-2/h2-6H,1H3;1,4-6H,2-3H2;1-5H2;1-2H3. The molecule has 0 atom stereocenters. The number of nitrogens with zero attached hydrogens (tertiary/aromatic N) is 6. The summed E-state index contributed by atoms with van der Waals surface area (Å²) in [5.41, 5.74) is 2.39. The number of halogens is 2. The van der Waals surface area contributed by atoms with Gasteiger partial charge < -0.3 is 4.74 Å². The number of fused-ring (bicyclic) bond motifs is 1. The summed E-state index contributed by atoms with van der Waals surface area (Å²) in [6.07, 6.45) is 13.4. The first-order valence-corrected chi connectivity index (χ1v) is 12.5. The van der Waals surface area contributed by atoms with Gasteiger partial charge in [-0.1, -0.05) is 25.4 Å². The maximum atomic E-state index is 14.0. The van der Waals surface area contributed by atoms with Crippen LogP contribution < -0.4 is 0 Å². The lowest BCUT2D eigenvalue weighted by molar-refractivity contribution is 0.0968. The van der Waals surface area contributed by atoms with Crippen molar-refractivity contribution in [2.24, 2.45) is 0 Å². The first-order chi connectivity index (χ1) is 17.1. The van der Waals surface area contributed by atoms with Crippen LogP contribution in [0.4, 0.5) is 4.39 Å². The predicted molar refractivity (Wildman–Crippen MR) is 137 cm³/mol. The van der Waals surface area contributed by atoms with Crippen molar-refractivity contribution in [1.29, 1.82) is 0 Å². The highest BCUT2D eigenvalue weighted by atomic mass is 35.5. The van der Waals surface area contributed by atoms with Gasteiger partial charge in [-0.25, -0.2) is 24.3 Å². The van der Waals surface area contributed by atoms with Crippen molar-refractivity contribution in [1.82, 2.24) is 29.7 Å². The second kappa shape index (κ2) is 13.8. The number of hydrogen-bond acceptors (Lipinski definition) is 6. The fourth-order valence-corrected chi connectivity index (χ4v) is 3.48. The minimum absolute atomic E-state index is 0.329. The smallest absolute Gasteiger partial charge is 0.182 e. The van der Waals surface area contributed by atoms with E-state index in [1.807, 2.05) is 43.9 Å². The van der Waals surface area contributed by atoms with Gasteiger partial charge in [-0.15, -0.1) is 0 Å². The molecule has 0 spiro atoms. The van der Waals surface area contributed by atoms with Crippen LogP contribution in [-0.2, 0) is 4.74 Å². The molecule has 3 aromatic heterocycles. The fourth-order valence-electron chi connectivity index (χ4n) is 3.33. The van der Waals surface area contributed by atoms with Crippen LogP contribution in [0.15, 0.2) is 49.2 Å². The van der Waals surface area contributed by atoms with Crippen LogP contribution in [0.3, 0.4) is 0 Å². The molecule has 0 amide bonds. The molecule has 0 N–H and O–H groups in total. The molecule has 4 heterocycles. The molecule has 1 saturated heterocycles. The molecule has 4 aromatic rings. The second-order valence-electron chi connectivity index (χ2n) is 7.92. The Morgan fingerprint density at radius 3 is 2.40 bits per heavy atom. The minimum Gasteiger partial charge on any atom is -0.381 e. The Bertz CT molecular complexity index is 1170. The summed E-state index contributed by atoms with van der Waals surface area (Å²) in [6, 6.07) is 7.13. The van der Waals surface area contributed by atoms with E-state index < -0.39 is 5.82 Å². The summed E-state index contributed by atoms with van der Waals surface area (Å²) in [7, 11) is 0. The van der Waals surface area contributed by atoms with Crippen molar-refractivity contribution in [2.45, 2.75) is 58.9 Å². The highest BCUT2D eigenvalue weighted by molar-refractivity contribution is 6.30. The van der Waals surface area contributed by atoms with Crippen molar-refractivity contribution in [3.05, 3.63) is 65.7 Å². The molecule has 0 radical (unpaired) electrons. The zero-order valence-corrected chi connectivity index (χ0v) is 21.2. The lowest BCUT2D eigenvalue weighted by atomic mass is 10.1. The van der Waals surface area contributed by atoms with E-state index in [1.54, 1.807) is 18.3 Å². The van der Waals surface area contributed by atoms with Crippen LogP contribution in [0.2, 0.25) is 5.02 Å². The van der Waals surface area contributed by atoms with E-state index in [2.05, 4.69) is 25.0 Å². The zero-order chi connectivity index (χ0) is 25.0. The van der Waals surface area contributed by atoms with Gasteiger partial charge in [0.2, 0.25) is 0 Å². The van der Waals surface area contributed by atoms with Crippen molar-refractivity contribution >= 4 is 22.8 Å². The third-order valence-corrected chi connectivity index (χ3v) is 5.41. The molecule has 35 heavy (non-hydrogen) atoms. The van der Waals surface area contributed by atoms with E-state index >= 15 is 0 Å². The van der Waals surface area contributed by atoms with Crippen LogP contribution in [0.1, 0.15) is 57.7 Å². The Morgan fingerprint density at radius 2 is 1.83 bits per heavy atom. The molecule has 1 saturated carbocycles. The molecule has 2 aliphatic rings. The van der Waals surface area contributed by atoms with Crippen molar-refractivity contribution in [2.75, 3.05) is 13.2 Å². The van der Waals surface area contributed by atoms with Crippen LogP contribution in [0.25, 0.3) is 22.4 Å². The topological polar surface area (TPSA) is 78.6 Å². The SMILES string of the molecule is C1CCOCC1.CC.Cc1cnc2c(-c3ccc(Cl)cc3F)ncnc2n1.c1cnn(C2CC2)c1. The van der Waals surface area contributed by atoms with Crippen LogP contribution in [0, 0.1) is 12.7 Å². The molecule has 1 aliphatic carbocycles. The van der Waals surface area contributed by atoms with Crippen molar-refractivity contribution in [3.8, 4) is 11.3 Å². The van der Waals surface area contributed by atoms with Crippen molar-refractivity contribution in [3.63, 3.8) is 0 Å². The van der Waals surface area contributed by atoms with E-state index in [0.717, 1.165) is 24.9 Å². The van der Waals surface area contributed by atoms with Gasteiger partial charge in [-0.3, -0.25) is 4.68 Å². The lowest BCUT2D eigenvalue weighted by Gasteiger charge is -2.08. The van der Waals surface area contributed by atoms with Gasteiger partial charge in [0.05, 0.1) is 11.7 Å². The Labute approximate surface area is 210 Å². The monoisotopic (exact) mass is 498 g/mol. The number of aromatic nitrogens is 6. The van der Waals surface area contributed by atoms with Gasteiger partial charge in [0.25, 0.3) is 0 Å². The van der Waals surface area contributed by atoms with E-state index in [0.29, 0.717) is 27.4 Å². The first kappa shape index (κ1) is 26.6. The van der Waals surface area contributed by atoms with Gasteiger partial charge in [0, 0.05) is 42.4 Å². The third kappa shape index (κ3) is 8.04. The fraction of sp³-hybridized carbons (Fsp3) is 0.423. The normalized spacial score (nSPS) is 14.5. The molecule has 186 valence electrons. The number of aryl methyl sites for hydroxylation is 1. The highest BCUT2D eigenvalue weighted by Crippen LogP contribution is 2.33. The molecule has 7 nitrogen and oxygen atoms in total. The maximum absolute atomic E-state index is 14.0. The Hall–Kier alpha value is -2.97. The first-order valence-electron chi connectivity index (χ1n) is 12.1. The average Bonchev–Trinajstić information content (AvgIpc) is 3.60. The summed E-state index contributed by atoms with van der Waals surface area (Å²) in [5.74, 6) is -0.449. The summed E-state index contributed by atoms with van der Waals surface area (Å²) in [5, 5.41) is 4.43. The second-order valence-corrected chi connectivity index (χ2v) is 8.36. The number of hydrogen-bond donors (Lipinski definition) is 0. The molecular formula is C26H32ClFN6O. The minimum atomic E-state index is -0.449. The molecule has 0 unspecified atom stereocenters. The van der Waals surface area contributed by atoms with Gasteiger partial charge in [0.15, 0.2) is 5.65 Å². The van der Waals surface area contributed by atoms with Gasteiger partial charge in [0.1, 0.15) is 23.4 Å². The summed E-state index contributed by atoms with van der Waals surface area (Å²) in [6.45, 7) is 7.82. The number of ether oxygens (including phenoxy) is 1. The van der Waals surface area contributed by atoms with Crippen molar-refractivity contribution < 1.29 is 9.13 Å². The Kier molecular flexibility index (Phi) is 10.5. The lowest BCUT2D eigenvalue weighted by Crippen LogP contribution is -2.03. The Balaban J connectivity index is 0.000000174. The summed E-state index contributed by atoms with van der Waals surface area (Å²) >= 11 is 5.74. The summed E-state index contributed by atoms with van der Waals surface area (Å²) in [4.78, 5) is 16.6. The summed E-state index contributed by atoms with van der Waals surface area (Å²) < 4.78 is 21.0. The van der Waals surface area contributed by atoms with Gasteiger partial charge >= 0.3 is 0 Å². The van der Waals surface area contributed by atoms with Crippen LogP contribution in [-0.4, -0.2) is 42.9 Å². The van der Waals surface area contributed by atoms with E-state index in [1.165, 1.54) is 44.5 Å². The van der Waals surface area contributed by atoms with Gasteiger partial charge in [-0.2, -0.15) is 5.10 Å². The maximum Gasteiger partial charge on any atom is 0.182 e. The number of benzene rings is 1. The van der Waals surface area contributed by atoms with E-state index in [4.69, 9.17) is 16.3 Å². The van der Waals surface area contributed by atoms with Crippen LogP contribution in [0.5, 0.6) is 0 Å². The van der Waals surface area contributed by atoms with E-state index in [9.17, 15) is 4.39 Å². The molecule has 2 fully saturated rings. The molecule has 0 bridgehead atoms. The van der Waals surface area contributed by atoms with Gasteiger partial charge in [-0.05, 0) is 63.3 Å². The quantitative estimate of drug-likeness (QED) is 0.309. The number of rotatable bonds is 2. The molecule has 6 rings (SSSR count). The predicted octanol–water partition coefficient (Wildman–Crippen LogP) is 6.62. The largest absolute Gasteiger partial charge is 0.381 e. The van der Waals surface area contributed by atoms with E-state index in [-0.39, 0.29) is 0 Å².